The fourth-order valence-corrected chi connectivity index (χ4v) is 2.49. The predicted octanol–water partition coefficient (Wildman–Crippen LogP) is 2.54. The highest BCUT2D eigenvalue weighted by Crippen LogP contribution is 2.08. The van der Waals surface area contributed by atoms with Gasteiger partial charge in [-0.15, -0.1) is 0 Å². The maximum atomic E-state index is 11.9. The quantitative estimate of drug-likeness (QED) is 0.786. The lowest BCUT2D eigenvalue weighted by atomic mass is 10.1. The van der Waals surface area contributed by atoms with E-state index >= 15 is 0 Å². The average Bonchev–Trinajstić information content (AvgIpc) is 2.93. The second-order valence-electron chi connectivity index (χ2n) is 5.39. The van der Waals surface area contributed by atoms with Gasteiger partial charge in [-0.2, -0.15) is 0 Å². The van der Waals surface area contributed by atoms with Crippen LogP contribution in [0.25, 0.3) is 5.65 Å². The van der Waals surface area contributed by atoms with E-state index in [2.05, 4.69) is 27.7 Å². The fourth-order valence-electron chi connectivity index (χ4n) is 2.49. The molecule has 3 aromatic rings. The van der Waals surface area contributed by atoms with Crippen molar-refractivity contribution in [2.45, 2.75) is 19.8 Å². The largest absolute Gasteiger partial charge is 0.355 e. The number of carbonyl (C=O) groups excluding carboxylic acids is 1. The summed E-state index contributed by atoms with van der Waals surface area (Å²) in [6.07, 6.45) is 3.20. The van der Waals surface area contributed by atoms with E-state index in [0.717, 1.165) is 29.0 Å². The molecule has 2 heterocycles. The van der Waals surface area contributed by atoms with E-state index < -0.39 is 0 Å². The van der Waals surface area contributed by atoms with Crippen LogP contribution >= 0.6 is 0 Å². The molecular weight excluding hydrogens is 274 g/mol. The van der Waals surface area contributed by atoms with Gasteiger partial charge >= 0.3 is 0 Å². The number of carbonyl (C=O) groups is 1. The van der Waals surface area contributed by atoms with E-state index in [1.807, 2.05) is 48.7 Å². The highest BCUT2D eigenvalue weighted by molar-refractivity contribution is 5.78. The molecule has 3 rings (SSSR count). The number of nitrogens with one attached hydrogen (secondary N) is 1. The van der Waals surface area contributed by atoms with E-state index in [9.17, 15) is 4.79 Å². The highest BCUT2D eigenvalue weighted by atomic mass is 16.1. The van der Waals surface area contributed by atoms with Crippen molar-refractivity contribution in [2.24, 2.45) is 0 Å². The Morgan fingerprint density at radius 3 is 2.73 bits per heavy atom. The summed E-state index contributed by atoms with van der Waals surface area (Å²) < 4.78 is 2.07. The summed E-state index contributed by atoms with van der Waals surface area (Å²) in [6, 6.07) is 15.8. The molecule has 0 unspecified atom stereocenters. The van der Waals surface area contributed by atoms with Gasteiger partial charge in [0.05, 0.1) is 12.1 Å². The van der Waals surface area contributed by atoms with E-state index in [0.29, 0.717) is 13.0 Å². The molecule has 0 saturated heterocycles. The van der Waals surface area contributed by atoms with Crippen LogP contribution < -0.4 is 5.32 Å². The number of hydrogen-bond acceptors (Lipinski definition) is 2. The van der Waals surface area contributed by atoms with Crippen molar-refractivity contribution in [2.75, 3.05) is 6.54 Å². The van der Waals surface area contributed by atoms with Crippen LogP contribution in [0.3, 0.4) is 0 Å². The summed E-state index contributed by atoms with van der Waals surface area (Å²) in [5.41, 5.74) is 4.13. The minimum atomic E-state index is 0.0474. The molecule has 4 nitrogen and oxygen atoms in total. The number of amides is 1. The summed E-state index contributed by atoms with van der Waals surface area (Å²) in [7, 11) is 0. The van der Waals surface area contributed by atoms with Gasteiger partial charge in [0.15, 0.2) is 0 Å². The van der Waals surface area contributed by atoms with E-state index in [-0.39, 0.29) is 5.91 Å². The van der Waals surface area contributed by atoms with Gasteiger partial charge in [-0.1, -0.05) is 36.4 Å². The lowest BCUT2D eigenvalue weighted by Crippen LogP contribution is -2.27. The molecule has 1 aromatic carbocycles. The molecule has 4 heteroatoms. The third kappa shape index (κ3) is 3.34. The molecular formula is C18H19N3O. The molecule has 1 N–H and O–H groups in total. The first kappa shape index (κ1) is 14.3. The van der Waals surface area contributed by atoms with Crippen LogP contribution in [0.5, 0.6) is 0 Å². The Hall–Kier alpha value is -2.62. The summed E-state index contributed by atoms with van der Waals surface area (Å²) >= 11 is 0. The van der Waals surface area contributed by atoms with Crippen molar-refractivity contribution in [3.63, 3.8) is 0 Å². The van der Waals surface area contributed by atoms with E-state index in [1.54, 1.807) is 0 Å². The maximum Gasteiger partial charge on any atom is 0.224 e. The summed E-state index contributed by atoms with van der Waals surface area (Å²) in [6.45, 7) is 2.66. The second-order valence-corrected chi connectivity index (χ2v) is 5.39. The standard InChI is InChI=1S/C18H19N3O/c1-14-6-5-9-17-20-16(13-21(14)17)10-11-19-18(22)12-15-7-3-2-4-8-15/h2-9,13H,10-12H2,1H3,(H,19,22). The molecule has 2 aromatic heterocycles. The van der Waals surface area contributed by atoms with Crippen LogP contribution in [0.4, 0.5) is 0 Å². The molecule has 0 fully saturated rings. The smallest absolute Gasteiger partial charge is 0.224 e. The first-order valence-electron chi connectivity index (χ1n) is 7.46. The third-order valence-corrected chi connectivity index (χ3v) is 3.66. The zero-order valence-electron chi connectivity index (χ0n) is 12.6. The summed E-state index contributed by atoms with van der Waals surface area (Å²) in [5, 5.41) is 2.95. The zero-order valence-corrected chi connectivity index (χ0v) is 12.6. The highest BCUT2D eigenvalue weighted by Gasteiger charge is 2.05. The Balaban J connectivity index is 1.54. The van der Waals surface area contributed by atoms with Gasteiger partial charge in [-0.05, 0) is 24.6 Å². The molecule has 22 heavy (non-hydrogen) atoms. The molecule has 0 saturated carbocycles. The number of rotatable bonds is 5. The maximum absolute atomic E-state index is 11.9. The first-order valence-corrected chi connectivity index (χ1v) is 7.46. The molecule has 0 aliphatic rings. The van der Waals surface area contributed by atoms with Gasteiger partial charge in [-0.25, -0.2) is 4.98 Å². The van der Waals surface area contributed by atoms with Gasteiger partial charge in [0, 0.05) is 24.9 Å². The summed E-state index contributed by atoms with van der Waals surface area (Å²) in [5.74, 6) is 0.0474. The van der Waals surface area contributed by atoms with Gasteiger partial charge in [0.2, 0.25) is 5.91 Å². The number of nitrogens with zero attached hydrogens (tertiary/aromatic N) is 2. The predicted molar refractivity (Wildman–Crippen MR) is 86.8 cm³/mol. The van der Waals surface area contributed by atoms with Crippen LogP contribution in [-0.4, -0.2) is 21.8 Å². The second kappa shape index (κ2) is 6.43. The Bertz CT molecular complexity index is 777. The SMILES string of the molecule is Cc1cccc2nc(CCNC(=O)Cc3ccccc3)cn12. The zero-order chi connectivity index (χ0) is 15.4. The fraction of sp³-hybridized carbons (Fsp3) is 0.222. The lowest BCUT2D eigenvalue weighted by molar-refractivity contribution is -0.120. The number of pyridine rings is 1. The van der Waals surface area contributed by atoms with Crippen LogP contribution in [0.15, 0.2) is 54.7 Å². The molecule has 0 radical (unpaired) electrons. The molecule has 112 valence electrons. The number of aryl methyl sites for hydroxylation is 1. The number of benzene rings is 1. The van der Waals surface area contributed by atoms with Crippen molar-refractivity contribution in [1.82, 2.24) is 14.7 Å². The Morgan fingerprint density at radius 2 is 1.95 bits per heavy atom. The van der Waals surface area contributed by atoms with E-state index in [1.165, 1.54) is 0 Å². The van der Waals surface area contributed by atoms with Crippen LogP contribution in [0.2, 0.25) is 0 Å². The van der Waals surface area contributed by atoms with Crippen molar-refractivity contribution in [3.8, 4) is 0 Å². The molecule has 0 bridgehead atoms. The van der Waals surface area contributed by atoms with E-state index in [4.69, 9.17) is 0 Å². The van der Waals surface area contributed by atoms with Crippen molar-refractivity contribution < 1.29 is 4.79 Å². The molecule has 0 aliphatic heterocycles. The Morgan fingerprint density at radius 1 is 1.14 bits per heavy atom. The minimum absolute atomic E-state index is 0.0474. The van der Waals surface area contributed by atoms with Crippen LogP contribution in [0.1, 0.15) is 17.0 Å². The minimum Gasteiger partial charge on any atom is -0.355 e. The van der Waals surface area contributed by atoms with Crippen molar-refractivity contribution in [1.29, 1.82) is 0 Å². The number of fused-ring (bicyclic) bond motifs is 1. The Labute approximate surface area is 129 Å². The molecule has 0 spiro atoms. The van der Waals surface area contributed by atoms with Crippen LogP contribution in [-0.2, 0) is 17.6 Å². The van der Waals surface area contributed by atoms with Crippen molar-refractivity contribution in [3.05, 3.63) is 71.7 Å². The monoisotopic (exact) mass is 293 g/mol. The molecule has 1 amide bonds. The molecule has 0 aliphatic carbocycles. The topological polar surface area (TPSA) is 46.4 Å². The third-order valence-electron chi connectivity index (χ3n) is 3.66. The van der Waals surface area contributed by atoms with Gasteiger partial charge in [-0.3, -0.25) is 4.79 Å². The lowest BCUT2D eigenvalue weighted by Gasteiger charge is -2.04. The first-order chi connectivity index (χ1) is 10.7. The normalized spacial score (nSPS) is 10.8. The van der Waals surface area contributed by atoms with Gasteiger partial charge < -0.3 is 9.72 Å². The summed E-state index contributed by atoms with van der Waals surface area (Å²) in [4.78, 5) is 16.5. The number of aromatic nitrogens is 2. The number of hydrogen-bond donors (Lipinski definition) is 1. The molecule has 0 atom stereocenters. The average molecular weight is 293 g/mol. The van der Waals surface area contributed by atoms with Crippen molar-refractivity contribution >= 4 is 11.6 Å². The Kier molecular flexibility index (Phi) is 4.19. The number of imidazole rings is 1. The van der Waals surface area contributed by atoms with Gasteiger partial charge in [0.1, 0.15) is 5.65 Å². The van der Waals surface area contributed by atoms with Crippen LogP contribution in [0, 0.1) is 6.92 Å². The van der Waals surface area contributed by atoms with Gasteiger partial charge in [0.25, 0.3) is 0 Å².